The molecular formula is C34H46N4O5Si. The SMILES string of the molecule is CC(C)Oc1ccc(-c2nc(-c3cccc4c3CCC4N(CCO[Si](C)(C)C(C)(C)C)C(=O)OC(C)(C)C)no2)cc1C#N. The third-order valence-electron chi connectivity index (χ3n) is 8.22. The topological polar surface area (TPSA) is 111 Å². The number of ether oxygens (including phenoxy) is 2. The number of aromatic nitrogens is 2. The third-order valence-corrected chi connectivity index (χ3v) is 12.8. The van der Waals surface area contributed by atoms with Gasteiger partial charge < -0.3 is 18.4 Å². The highest BCUT2D eigenvalue weighted by atomic mass is 28.4. The molecule has 1 amide bonds. The fraction of sp³-hybridized carbons (Fsp3) is 0.529. The second-order valence-electron chi connectivity index (χ2n) is 14.1. The molecule has 0 bridgehead atoms. The molecule has 0 spiro atoms. The lowest BCUT2D eigenvalue weighted by Crippen LogP contribution is -2.45. The maximum Gasteiger partial charge on any atom is 0.410 e. The average Bonchev–Trinajstić information content (AvgIpc) is 3.57. The van der Waals surface area contributed by atoms with Crippen molar-refractivity contribution in [2.75, 3.05) is 13.2 Å². The van der Waals surface area contributed by atoms with Crippen LogP contribution in [0.2, 0.25) is 18.1 Å². The minimum absolute atomic E-state index is 0.0529. The molecule has 9 nitrogen and oxygen atoms in total. The Hall–Kier alpha value is -3.68. The molecule has 10 heteroatoms. The first-order valence-corrected chi connectivity index (χ1v) is 18.2. The maximum absolute atomic E-state index is 13.5. The zero-order valence-electron chi connectivity index (χ0n) is 27.8. The molecule has 0 saturated carbocycles. The van der Waals surface area contributed by atoms with Crippen molar-refractivity contribution in [2.24, 2.45) is 0 Å². The highest BCUT2D eigenvalue weighted by molar-refractivity contribution is 6.74. The van der Waals surface area contributed by atoms with E-state index >= 15 is 0 Å². The Morgan fingerprint density at radius 2 is 1.89 bits per heavy atom. The first-order valence-electron chi connectivity index (χ1n) is 15.3. The summed E-state index contributed by atoms with van der Waals surface area (Å²) >= 11 is 0. The molecule has 0 aliphatic heterocycles. The Kier molecular flexibility index (Phi) is 9.62. The molecular weight excluding hydrogens is 572 g/mol. The molecule has 0 radical (unpaired) electrons. The molecule has 1 aliphatic carbocycles. The summed E-state index contributed by atoms with van der Waals surface area (Å²) in [6.45, 7) is 21.4. The molecule has 1 aromatic heterocycles. The zero-order valence-corrected chi connectivity index (χ0v) is 28.8. The van der Waals surface area contributed by atoms with Crippen molar-refractivity contribution in [3.63, 3.8) is 0 Å². The lowest BCUT2D eigenvalue weighted by molar-refractivity contribution is 0.0125. The summed E-state index contributed by atoms with van der Waals surface area (Å²) in [7, 11) is -1.99. The van der Waals surface area contributed by atoms with Crippen LogP contribution in [-0.2, 0) is 15.6 Å². The van der Waals surface area contributed by atoms with Crippen LogP contribution >= 0.6 is 0 Å². The Balaban J connectivity index is 1.62. The number of benzene rings is 2. The fourth-order valence-corrected chi connectivity index (χ4v) is 6.07. The predicted octanol–water partition coefficient (Wildman–Crippen LogP) is 8.31. The Morgan fingerprint density at radius 3 is 2.52 bits per heavy atom. The summed E-state index contributed by atoms with van der Waals surface area (Å²) in [5, 5.41) is 14.0. The van der Waals surface area contributed by atoms with Gasteiger partial charge in [-0.2, -0.15) is 10.2 Å². The van der Waals surface area contributed by atoms with E-state index < -0.39 is 13.9 Å². The number of nitrogens with zero attached hydrogens (tertiary/aromatic N) is 4. The van der Waals surface area contributed by atoms with Gasteiger partial charge in [0.2, 0.25) is 5.82 Å². The molecule has 1 heterocycles. The normalized spacial score (nSPS) is 15.2. The number of rotatable bonds is 9. The highest BCUT2D eigenvalue weighted by Gasteiger charge is 2.39. The van der Waals surface area contributed by atoms with Gasteiger partial charge in [0.05, 0.1) is 24.3 Å². The minimum atomic E-state index is -1.99. The van der Waals surface area contributed by atoms with Gasteiger partial charge in [-0.25, -0.2) is 4.79 Å². The van der Waals surface area contributed by atoms with Crippen LogP contribution in [-0.4, -0.2) is 54.3 Å². The number of hydrogen-bond donors (Lipinski definition) is 0. The molecule has 1 aliphatic rings. The number of nitriles is 1. The van der Waals surface area contributed by atoms with Gasteiger partial charge in [0.25, 0.3) is 5.89 Å². The van der Waals surface area contributed by atoms with E-state index in [9.17, 15) is 10.1 Å². The van der Waals surface area contributed by atoms with Gasteiger partial charge in [0.15, 0.2) is 8.32 Å². The van der Waals surface area contributed by atoms with Gasteiger partial charge in [-0.3, -0.25) is 4.90 Å². The van der Waals surface area contributed by atoms with Crippen LogP contribution in [0, 0.1) is 11.3 Å². The second kappa shape index (κ2) is 12.7. The molecule has 0 fully saturated rings. The molecule has 2 aromatic carbocycles. The van der Waals surface area contributed by atoms with E-state index in [0.717, 1.165) is 29.5 Å². The molecule has 1 unspecified atom stereocenters. The summed E-state index contributed by atoms with van der Waals surface area (Å²) in [6.07, 6.45) is 1.10. The first kappa shape index (κ1) is 33.2. The number of carbonyl (C=O) groups excluding carboxylic acids is 1. The van der Waals surface area contributed by atoms with E-state index in [2.05, 4.69) is 51.2 Å². The quantitative estimate of drug-likeness (QED) is 0.220. The van der Waals surface area contributed by atoms with Crippen molar-refractivity contribution < 1.29 is 23.2 Å². The van der Waals surface area contributed by atoms with Crippen LogP contribution in [0.4, 0.5) is 4.79 Å². The van der Waals surface area contributed by atoms with E-state index in [1.165, 1.54) is 0 Å². The van der Waals surface area contributed by atoms with Crippen LogP contribution in [0.1, 0.15) is 84.5 Å². The van der Waals surface area contributed by atoms with Crippen LogP contribution in [0.5, 0.6) is 5.75 Å². The molecule has 3 aromatic rings. The zero-order chi connectivity index (χ0) is 32.4. The van der Waals surface area contributed by atoms with Crippen molar-refractivity contribution >= 4 is 14.4 Å². The van der Waals surface area contributed by atoms with Crippen LogP contribution < -0.4 is 4.74 Å². The summed E-state index contributed by atoms with van der Waals surface area (Å²) in [4.78, 5) is 20.1. The minimum Gasteiger partial charge on any atom is -0.490 e. The van der Waals surface area contributed by atoms with Crippen LogP contribution in [0.15, 0.2) is 40.9 Å². The average molecular weight is 619 g/mol. The van der Waals surface area contributed by atoms with Crippen LogP contribution in [0.3, 0.4) is 0 Å². The maximum atomic E-state index is 13.5. The summed E-state index contributed by atoms with van der Waals surface area (Å²) in [6, 6.07) is 13.3. The van der Waals surface area contributed by atoms with Crippen LogP contribution in [0.25, 0.3) is 22.8 Å². The number of carbonyl (C=O) groups is 1. The van der Waals surface area contributed by atoms with Gasteiger partial charge >= 0.3 is 6.09 Å². The lowest BCUT2D eigenvalue weighted by atomic mass is 10.0. The molecule has 236 valence electrons. The van der Waals surface area contributed by atoms with E-state index in [1.807, 2.05) is 57.7 Å². The van der Waals surface area contributed by atoms with Gasteiger partial charge in [-0.1, -0.05) is 44.1 Å². The summed E-state index contributed by atoms with van der Waals surface area (Å²) < 4.78 is 23.7. The second-order valence-corrected chi connectivity index (χ2v) is 18.9. The monoisotopic (exact) mass is 618 g/mol. The van der Waals surface area contributed by atoms with E-state index in [0.29, 0.717) is 41.7 Å². The number of fused-ring (bicyclic) bond motifs is 1. The molecule has 4 rings (SSSR count). The number of hydrogen-bond acceptors (Lipinski definition) is 8. The first-order chi connectivity index (χ1) is 20.5. The van der Waals surface area contributed by atoms with Gasteiger partial charge in [0.1, 0.15) is 17.4 Å². The standard InChI is InChI=1S/C34H46N4O5Si/c1-22(2)41-29-17-14-23(20-24(29)21-35)31-36-30(37-43-31)27-13-11-12-26-25(27)15-16-28(26)38(32(39)42-33(3,4)5)18-19-40-44(9,10)34(6,7)8/h11-14,17,20,22,28H,15-16,18-19H2,1-10H3. The Morgan fingerprint density at radius 1 is 1.16 bits per heavy atom. The molecule has 1 atom stereocenters. The summed E-state index contributed by atoms with van der Waals surface area (Å²) in [5.74, 6) is 1.30. The van der Waals surface area contributed by atoms with E-state index in [-0.39, 0.29) is 23.3 Å². The lowest BCUT2D eigenvalue weighted by Gasteiger charge is -2.38. The van der Waals surface area contributed by atoms with E-state index in [1.54, 1.807) is 12.1 Å². The Bertz CT molecular complexity index is 1530. The largest absolute Gasteiger partial charge is 0.490 e. The third kappa shape index (κ3) is 7.51. The fourth-order valence-electron chi connectivity index (χ4n) is 5.03. The molecule has 0 N–H and O–H groups in total. The van der Waals surface area contributed by atoms with Crippen molar-refractivity contribution in [2.45, 2.75) is 104 Å². The van der Waals surface area contributed by atoms with Crippen molar-refractivity contribution in [3.8, 4) is 34.7 Å². The van der Waals surface area contributed by atoms with Crippen molar-refractivity contribution in [1.29, 1.82) is 5.26 Å². The Labute approximate surface area is 262 Å². The smallest absolute Gasteiger partial charge is 0.410 e. The molecule has 0 saturated heterocycles. The summed E-state index contributed by atoms with van der Waals surface area (Å²) in [5.41, 5.74) is 3.42. The van der Waals surface area contributed by atoms with Gasteiger partial charge in [0, 0.05) is 17.7 Å². The van der Waals surface area contributed by atoms with E-state index in [4.69, 9.17) is 23.4 Å². The van der Waals surface area contributed by atoms with Gasteiger partial charge in [-0.15, -0.1) is 0 Å². The van der Waals surface area contributed by atoms with Gasteiger partial charge in [-0.05, 0) is 94.9 Å². The van der Waals surface area contributed by atoms with Crippen molar-refractivity contribution in [3.05, 3.63) is 53.1 Å². The predicted molar refractivity (Wildman–Crippen MR) is 173 cm³/mol. The molecule has 44 heavy (non-hydrogen) atoms. The van der Waals surface area contributed by atoms with Crippen molar-refractivity contribution in [1.82, 2.24) is 15.0 Å². The number of amides is 1. The highest BCUT2D eigenvalue weighted by Crippen LogP contribution is 2.42.